The number of likely N-dealkylation sites (tertiary alicyclic amines) is 1. The first-order valence-electron chi connectivity index (χ1n) is 12.6. The smallest absolute Gasteiger partial charge is 0.246 e. The second kappa shape index (κ2) is 27.0. The van der Waals surface area contributed by atoms with Crippen molar-refractivity contribution in [2.75, 3.05) is 72.5 Å². The zero-order valence-corrected chi connectivity index (χ0v) is 23.5. The van der Waals surface area contributed by atoms with Crippen molar-refractivity contribution in [1.29, 1.82) is 0 Å². The van der Waals surface area contributed by atoms with Gasteiger partial charge in [-0.25, -0.2) is 0 Å². The van der Waals surface area contributed by atoms with Crippen molar-refractivity contribution in [3.8, 4) is 0 Å². The van der Waals surface area contributed by atoms with Crippen molar-refractivity contribution < 1.29 is 45.8 Å². The average Bonchev–Trinajstić information content (AvgIpc) is 3.13. The van der Waals surface area contributed by atoms with Crippen LogP contribution in [-0.4, -0.2) is 113 Å². The number of nitrogens with one attached hydrogen (secondary N) is 2. The SMILES string of the molecule is CC.CC=O.CCCNC(=O)CCOCCNC(=O)COCCOCCOCCN1C(=O)CC(S)C1=O.[HH].[HH]. The van der Waals surface area contributed by atoms with Crippen LogP contribution < -0.4 is 10.6 Å². The number of carbonyl (C=O) groups is 5. The molecule has 1 heterocycles. The van der Waals surface area contributed by atoms with Crippen molar-refractivity contribution in [1.82, 2.24) is 15.5 Å². The number of hydrogen-bond donors (Lipinski definition) is 3. The van der Waals surface area contributed by atoms with Gasteiger partial charge in [0.05, 0.1) is 58.0 Å². The number of thiol groups is 1. The molecule has 0 aliphatic carbocycles. The molecular weight excluding hydrogens is 506 g/mol. The first-order chi connectivity index (χ1) is 17.9. The van der Waals surface area contributed by atoms with E-state index < -0.39 is 5.25 Å². The van der Waals surface area contributed by atoms with E-state index in [-0.39, 0.29) is 59.3 Å². The maximum absolute atomic E-state index is 11.7. The number of aldehydes is 1. The van der Waals surface area contributed by atoms with Crippen LogP contribution in [-0.2, 0) is 42.9 Å². The summed E-state index contributed by atoms with van der Waals surface area (Å²) in [5, 5.41) is 4.87. The van der Waals surface area contributed by atoms with E-state index in [0.717, 1.165) is 17.6 Å². The summed E-state index contributed by atoms with van der Waals surface area (Å²) in [4.78, 5) is 56.2. The fourth-order valence-electron chi connectivity index (χ4n) is 2.59. The molecule has 0 aromatic carbocycles. The zero-order chi connectivity index (χ0) is 28.3. The van der Waals surface area contributed by atoms with E-state index in [2.05, 4.69) is 23.3 Å². The quantitative estimate of drug-likeness (QED) is 0.0913. The molecule has 1 rings (SSSR count). The minimum atomic E-state index is -0.545. The normalized spacial score (nSPS) is 14.3. The molecule has 1 aliphatic rings. The first kappa shape index (κ1) is 37.1. The van der Waals surface area contributed by atoms with Crippen LogP contribution in [0.5, 0.6) is 0 Å². The van der Waals surface area contributed by atoms with Crippen LogP contribution in [0.15, 0.2) is 0 Å². The summed E-state index contributed by atoms with van der Waals surface area (Å²) < 4.78 is 21.2. The van der Waals surface area contributed by atoms with E-state index in [4.69, 9.17) is 23.7 Å². The summed E-state index contributed by atoms with van der Waals surface area (Å²) in [5.74, 6) is -0.804. The molecule has 12 nitrogen and oxygen atoms in total. The Kier molecular flexibility index (Phi) is 27.1. The van der Waals surface area contributed by atoms with Gasteiger partial charge in [-0.3, -0.25) is 24.1 Å². The van der Waals surface area contributed by atoms with Crippen molar-refractivity contribution >= 4 is 42.5 Å². The van der Waals surface area contributed by atoms with Gasteiger partial charge in [-0.15, -0.1) is 0 Å². The number of hydrogen-bond acceptors (Lipinski definition) is 10. The van der Waals surface area contributed by atoms with Crippen LogP contribution in [0.4, 0.5) is 0 Å². The van der Waals surface area contributed by atoms with Gasteiger partial charge in [0.15, 0.2) is 0 Å². The van der Waals surface area contributed by atoms with Crippen molar-refractivity contribution in [3.05, 3.63) is 0 Å². The lowest BCUT2D eigenvalue weighted by molar-refractivity contribution is -0.139. The Morgan fingerprint density at radius 3 is 2.05 bits per heavy atom. The first-order valence-corrected chi connectivity index (χ1v) is 13.1. The summed E-state index contributed by atoms with van der Waals surface area (Å²) in [6, 6.07) is 0. The summed E-state index contributed by atoms with van der Waals surface area (Å²) in [5.41, 5.74) is 0. The predicted octanol–water partition coefficient (Wildman–Crippen LogP) is 0.866. The Morgan fingerprint density at radius 1 is 0.946 bits per heavy atom. The van der Waals surface area contributed by atoms with Gasteiger partial charge in [-0.2, -0.15) is 12.6 Å². The summed E-state index contributed by atoms with van der Waals surface area (Å²) in [6.07, 6.45) is 2.08. The van der Waals surface area contributed by atoms with E-state index in [1.54, 1.807) is 0 Å². The van der Waals surface area contributed by atoms with Crippen LogP contribution in [0.25, 0.3) is 0 Å². The highest BCUT2D eigenvalue weighted by atomic mass is 32.1. The topological polar surface area (TPSA) is 150 Å². The molecule has 1 atom stereocenters. The summed E-state index contributed by atoms with van der Waals surface area (Å²) in [6.45, 7) is 10.7. The Balaban J connectivity index is -0.000000814. The van der Waals surface area contributed by atoms with E-state index in [1.807, 2.05) is 20.8 Å². The molecule has 0 aromatic rings. The largest absolute Gasteiger partial charge is 0.379 e. The summed E-state index contributed by atoms with van der Waals surface area (Å²) in [7, 11) is 0. The molecule has 1 fully saturated rings. The third-order valence-electron chi connectivity index (χ3n) is 4.27. The van der Waals surface area contributed by atoms with Gasteiger partial charge in [-0.05, 0) is 13.3 Å². The lowest BCUT2D eigenvalue weighted by Crippen LogP contribution is -2.34. The molecule has 1 aliphatic heterocycles. The molecule has 0 saturated carbocycles. The van der Waals surface area contributed by atoms with Crippen molar-refractivity contribution in [2.24, 2.45) is 0 Å². The highest BCUT2D eigenvalue weighted by molar-refractivity contribution is 7.81. The maximum Gasteiger partial charge on any atom is 0.246 e. The van der Waals surface area contributed by atoms with E-state index in [1.165, 1.54) is 6.92 Å². The Hall–Kier alpha value is -2.06. The molecule has 2 N–H and O–H groups in total. The van der Waals surface area contributed by atoms with Gasteiger partial charge in [0, 0.05) is 28.8 Å². The Bertz CT molecular complexity index is 650. The molecule has 1 unspecified atom stereocenters. The zero-order valence-electron chi connectivity index (χ0n) is 22.6. The molecule has 0 spiro atoms. The van der Waals surface area contributed by atoms with Crippen LogP contribution in [0.3, 0.4) is 0 Å². The maximum atomic E-state index is 11.7. The minimum absolute atomic E-state index is 0. The van der Waals surface area contributed by atoms with Crippen LogP contribution in [0.2, 0.25) is 0 Å². The number of ether oxygens (including phenoxy) is 4. The van der Waals surface area contributed by atoms with Crippen LogP contribution in [0, 0.1) is 0 Å². The van der Waals surface area contributed by atoms with Crippen molar-refractivity contribution in [3.63, 3.8) is 0 Å². The van der Waals surface area contributed by atoms with Gasteiger partial charge in [0.1, 0.15) is 12.9 Å². The lowest BCUT2D eigenvalue weighted by atomic mass is 10.4. The standard InChI is InChI=1S/C20H35N3O8S.C2H4O.C2H6.2H2/c1-2-4-21-17(24)3-7-28-8-5-22-18(25)15-31-13-12-30-11-10-29-9-6-23-19(26)14-16(32)20(23)27;1-2-3;1-2;;/h16,32H,2-15H2,1H3,(H,21,24)(H,22,25);2H,1H3;1-2H3;2*1H. The highest BCUT2D eigenvalue weighted by Crippen LogP contribution is 2.17. The highest BCUT2D eigenvalue weighted by Gasteiger charge is 2.35. The molecule has 0 bridgehead atoms. The third kappa shape index (κ3) is 21.7. The summed E-state index contributed by atoms with van der Waals surface area (Å²) >= 11 is 4.05. The number of amides is 4. The number of nitrogens with zero attached hydrogens (tertiary/aromatic N) is 1. The third-order valence-corrected chi connectivity index (χ3v) is 4.67. The van der Waals surface area contributed by atoms with Gasteiger partial charge in [0.2, 0.25) is 23.6 Å². The number of imide groups is 1. The second-order valence-electron chi connectivity index (χ2n) is 7.18. The monoisotopic (exact) mass is 555 g/mol. The average molecular weight is 556 g/mol. The van der Waals surface area contributed by atoms with Crippen molar-refractivity contribution in [2.45, 2.75) is 52.2 Å². The molecular formula is C24H49N3O9S. The minimum Gasteiger partial charge on any atom is -0.379 e. The van der Waals surface area contributed by atoms with Gasteiger partial charge >= 0.3 is 0 Å². The van der Waals surface area contributed by atoms with E-state index in [0.29, 0.717) is 52.5 Å². The van der Waals surface area contributed by atoms with Gasteiger partial charge < -0.3 is 34.4 Å². The van der Waals surface area contributed by atoms with Crippen LogP contribution >= 0.6 is 12.6 Å². The second-order valence-corrected chi connectivity index (χ2v) is 7.80. The molecule has 1 saturated heterocycles. The Labute approximate surface area is 228 Å². The fraction of sp³-hybridized carbons (Fsp3) is 0.792. The molecule has 0 radical (unpaired) electrons. The Morgan fingerprint density at radius 2 is 1.49 bits per heavy atom. The molecule has 13 heteroatoms. The van der Waals surface area contributed by atoms with Gasteiger partial charge in [-0.1, -0.05) is 20.8 Å². The lowest BCUT2D eigenvalue weighted by Gasteiger charge is -2.14. The van der Waals surface area contributed by atoms with E-state index in [9.17, 15) is 19.2 Å². The van der Waals surface area contributed by atoms with Gasteiger partial charge in [0.25, 0.3) is 0 Å². The molecule has 37 heavy (non-hydrogen) atoms. The molecule has 4 amide bonds. The fourth-order valence-corrected chi connectivity index (χ4v) is 2.89. The van der Waals surface area contributed by atoms with Crippen LogP contribution in [0.1, 0.15) is 49.8 Å². The molecule has 0 aromatic heterocycles. The predicted molar refractivity (Wildman–Crippen MR) is 146 cm³/mol. The van der Waals surface area contributed by atoms with E-state index >= 15 is 0 Å². The molecule has 220 valence electrons. The number of rotatable bonds is 19. The number of carbonyl (C=O) groups excluding carboxylic acids is 5.